The number of aromatic amines is 1. The summed E-state index contributed by atoms with van der Waals surface area (Å²) in [4.78, 5) is 14.6. The summed E-state index contributed by atoms with van der Waals surface area (Å²) in [7, 11) is -2.24. The van der Waals surface area contributed by atoms with E-state index in [-0.39, 0.29) is 36.6 Å². The standard InChI is InChI=1S/C26H33F2N7O3S/c1-16(2)14-30-7-9-34(3)19-4-5-21(23(29)13-19)26(36)31-25-22-15-35(8-6-24(22)32-33-25)39(37,38)20-11-17(27)10-18(28)12-20/h4-5,10-13,16,30H,6-9,14-15,29H2,1-3H3,(H2,31,32,33,36). The van der Waals surface area contributed by atoms with E-state index >= 15 is 0 Å². The van der Waals surface area contributed by atoms with Crippen LogP contribution in [0.15, 0.2) is 41.3 Å². The molecule has 210 valence electrons. The summed E-state index contributed by atoms with van der Waals surface area (Å²) in [6.45, 7) is 6.74. The average Bonchev–Trinajstić information content (AvgIpc) is 3.27. The molecular weight excluding hydrogens is 528 g/mol. The van der Waals surface area contributed by atoms with Crippen LogP contribution < -0.4 is 21.3 Å². The molecular formula is C26H33F2N7O3S. The number of nitrogens with two attached hydrogens (primary N) is 1. The lowest BCUT2D eigenvalue weighted by Gasteiger charge is -2.26. The van der Waals surface area contributed by atoms with Gasteiger partial charge in [-0.15, -0.1) is 0 Å². The van der Waals surface area contributed by atoms with Crippen LogP contribution in [0.4, 0.5) is 26.0 Å². The molecule has 1 aliphatic heterocycles. The van der Waals surface area contributed by atoms with Gasteiger partial charge in [-0.25, -0.2) is 17.2 Å². The van der Waals surface area contributed by atoms with E-state index in [9.17, 15) is 22.0 Å². The Morgan fingerprint density at radius 3 is 2.59 bits per heavy atom. The third-order valence-electron chi connectivity index (χ3n) is 6.50. The molecule has 13 heteroatoms. The summed E-state index contributed by atoms with van der Waals surface area (Å²) >= 11 is 0. The SMILES string of the molecule is CC(C)CNCCN(C)c1ccc(C(=O)Nc2n[nH]c3c2CN(S(=O)(=O)c2cc(F)cc(F)c2)CC3)c(N)c1. The number of nitrogens with one attached hydrogen (secondary N) is 3. The summed E-state index contributed by atoms with van der Waals surface area (Å²) in [5.74, 6) is -1.74. The van der Waals surface area contributed by atoms with E-state index in [0.717, 1.165) is 41.8 Å². The fourth-order valence-corrected chi connectivity index (χ4v) is 5.79. The molecule has 0 spiro atoms. The summed E-state index contributed by atoms with van der Waals surface area (Å²) in [6, 6.07) is 7.32. The van der Waals surface area contributed by atoms with Crippen molar-refractivity contribution >= 4 is 33.1 Å². The number of amides is 1. The molecule has 0 atom stereocenters. The second-order valence-electron chi connectivity index (χ2n) is 9.97. The van der Waals surface area contributed by atoms with Crippen LogP contribution in [-0.2, 0) is 23.0 Å². The topological polar surface area (TPSA) is 136 Å². The van der Waals surface area contributed by atoms with Gasteiger partial charge in [0.25, 0.3) is 5.91 Å². The molecule has 3 aromatic rings. The van der Waals surface area contributed by atoms with E-state index < -0.39 is 32.5 Å². The molecule has 2 aromatic carbocycles. The molecule has 0 saturated carbocycles. The second-order valence-corrected chi connectivity index (χ2v) is 11.9. The number of nitrogen functional groups attached to an aromatic ring is 1. The number of hydrogen-bond donors (Lipinski definition) is 4. The number of rotatable bonds is 10. The molecule has 0 fully saturated rings. The number of aromatic nitrogens is 2. The predicted octanol–water partition coefficient (Wildman–Crippen LogP) is 2.95. The molecule has 5 N–H and O–H groups in total. The van der Waals surface area contributed by atoms with Crippen molar-refractivity contribution in [2.45, 2.75) is 31.7 Å². The highest BCUT2D eigenvalue weighted by atomic mass is 32.2. The van der Waals surface area contributed by atoms with Crippen molar-refractivity contribution in [1.29, 1.82) is 0 Å². The number of H-pyrrole nitrogens is 1. The van der Waals surface area contributed by atoms with Gasteiger partial charge in [0.2, 0.25) is 10.0 Å². The van der Waals surface area contributed by atoms with Gasteiger partial charge in [-0.3, -0.25) is 9.89 Å². The van der Waals surface area contributed by atoms with Gasteiger partial charge in [-0.05, 0) is 42.8 Å². The molecule has 0 aliphatic carbocycles. The number of anilines is 3. The zero-order chi connectivity index (χ0) is 28.3. The Hall–Kier alpha value is -3.55. The number of likely N-dealkylation sites (N-methyl/N-ethyl adjacent to an activating group) is 1. The highest BCUT2D eigenvalue weighted by Gasteiger charge is 2.32. The highest BCUT2D eigenvalue weighted by Crippen LogP contribution is 2.29. The average molecular weight is 562 g/mol. The lowest BCUT2D eigenvalue weighted by Crippen LogP contribution is -2.36. The number of carbonyl (C=O) groups is 1. The molecule has 0 unspecified atom stereocenters. The van der Waals surface area contributed by atoms with E-state index in [0.29, 0.717) is 23.2 Å². The summed E-state index contributed by atoms with van der Waals surface area (Å²) < 4.78 is 54.6. The smallest absolute Gasteiger partial charge is 0.258 e. The summed E-state index contributed by atoms with van der Waals surface area (Å²) in [6.07, 6.45) is 0.282. The monoisotopic (exact) mass is 561 g/mol. The van der Waals surface area contributed by atoms with Crippen molar-refractivity contribution in [2.75, 3.05) is 49.2 Å². The Labute approximate surface area is 226 Å². The Kier molecular flexibility index (Phi) is 8.52. The van der Waals surface area contributed by atoms with Crippen LogP contribution in [0.25, 0.3) is 0 Å². The predicted molar refractivity (Wildman–Crippen MR) is 146 cm³/mol. The molecule has 0 radical (unpaired) electrons. The first-order chi connectivity index (χ1) is 18.5. The van der Waals surface area contributed by atoms with Crippen molar-refractivity contribution in [1.82, 2.24) is 19.8 Å². The number of halogens is 2. The van der Waals surface area contributed by atoms with Gasteiger partial charge in [-0.2, -0.15) is 9.40 Å². The van der Waals surface area contributed by atoms with Gasteiger partial charge in [0.1, 0.15) is 11.6 Å². The maximum Gasteiger partial charge on any atom is 0.258 e. The number of sulfonamides is 1. The van der Waals surface area contributed by atoms with Crippen LogP contribution in [0.5, 0.6) is 0 Å². The van der Waals surface area contributed by atoms with Crippen molar-refractivity contribution in [2.24, 2.45) is 5.92 Å². The maximum atomic E-state index is 13.7. The fraction of sp³-hybridized carbons (Fsp3) is 0.385. The maximum absolute atomic E-state index is 13.7. The van der Waals surface area contributed by atoms with E-state index in [1.165, 1.54) is 0 Å². The van der Waals surface area contributed by atoms with Crippen LogP contribution in [0.2, 0.25) is 0 Å². The van der Waals surface area contributed by atoms with Gasteiger partial charge in [-0.1, -0.05) is 13.8 Å². The minimum absolute atomic E-state index is 0.0813. The number of hydrogen-bond acceptors (Lipinski definition) is 7. The van der Waals surface area contributed by atoms with E-state index in [2.05, 4.69) is 34.7 Å². The number of benzene rings is 2. The molecule has 1 aliphatic rings. The summed E-state index contributed by atoms with van der Waals surface area (Å²) in [5, 5.41) is 13.1. The summed E-state index contributed by atoms with van der Waals surface area (Å²) in [5.41, 5.74) is 8.74. The van der Waals surface area contributed by atoms with Crippen molar-refractivity contribution in [3.63, 3.8) is 0 Å². The first-order valence-corrected chi connectivity index (χ1v) is 14.0. The van der Waals surface area contributed by atoms with Gasteiger partial charge in [0.05, 0.1) is 10.5 Å². The molecule has 4 rings (SSSR count). The number of nitrogens with zero attached hydrogens (tertiary/aromatic N) is 3. The van der Waals surface area contributed by atoms with Crippen LogP contribution in [0, 0.1) is 17.6 Å². The quantitative estimate of drug-likeness (QED) is 0.221. The van der Waals surface area contributed by atoms with Gasteiger partial charge in [0.15, 0.2) is 5.82 Å². The molecule has 1 amide bonds. The largest absolute Gasteiger partial charge is 0.398 e. The fourth-order valence-electron chi connectivity index (χ4n) is 4.34. The van der Waals surface area contributed by atoms with Crippen molar-refractivity contribution in [3.05, 3.63) is 64.9 Å². The lowest BCUT2D eigenvalue weighted by molar-refractivity contribution is 0.102. The molecule has 1 aromatic heterocycles. The van der Waals surface area contributed by atoms with Crippen LogP contribution >= 0.6 is 0 Å². The van der Waals surface area contributed by atoms with Crippen LogP contribution in [-0.4, -0.2) is 62.1 Å². The van der Waals surface area contributed by atoms with Crippen LogP contribution in [0.3, 0.4) is 0 Å². The van der Waals surface area contributed by atoms with Crippen molar-refractivity contribution in [3.8, 4) is 0 Å². The Bertz CT molecular complexity index is 1440. The van der Waals surface area contributed by atoms with E-state index in [1.807, 2.05) is 11.9 Å². The van der Waals surface area contributed by atoms with Gasteiger partial charge >= 0.3 is 0 Å². The molecule has 39 heavy (non-hydrogen) atoms. The first-order valence-electron chi connectivity index (χ1n) is 12.6. The van der Waals surface area contributed by atoms with E-state index in [4.69, 9.17) is 5.73 Å². The van der Waals surface area contributed by atoms with Crippen molar-refractivity contribution < 1.29 is 22.0 Å². The zero-order valence-corrected chi connectivity index (χ0v) is 22.9. The third-order valence-corrected chi connectivity index (χ3v) is 8.32. The van der Waals surface area contributed by atoms with Gasteiger partial charge in [0, 0.05) is 68.3 Å². The first kappa shape index (κ1) is 28.5. The highest BCUT2D eigenvalue weighted by molar-refractivity contribution is 7.89. The molecule has 10 nitrogen and oxygen atoms in total. The van der Waals surface area contributed by atoms with E-state index in [1.54, 1.807) is 18.2 Å². The number of carbonyl (C=O) groups excluding carboxylic acids is 1. The number of fused-ring (bicyclic) bond motifs is 1. The second kappa shape index (κ2) is 11.7. The molecule has 2 heterocycles. The molecule has 0 bridgehead atoms. The molecule has 0 saturated heterocycles. The Morgan fingerprint density at radius 1 is 1.21 bits per heavy atom. The van der Waals surface area contributed by atoms with Crippen LogP contribution in [0.1, 0.15) is 35.5 Å². The normalized spacial score (nSPS) is 13.9. The minimum atomic E-state index is -4.19. The van der Waals surface area contributed by atoms with Gasteiger partial charge < -0.3 is 21.3 Å². The third kappa shape index (κ3) is 6.54. The lowest BCUT2D eigenvalue weighted by atomic mass is 10.1. The zero-order valence-electron chi connectivity index (χ0n) is 22.1. The minimum Gasteiger partial charge on any atom is -0.398 e. The Balaban J connectivity index is 1.45. The Morgan fingerprint density at radius 2 is 1.92 bits per heavy atom.